The lowest BCUT2D eigenvalue weighted by atomic mass is 10.1. The maximum absolute atomic E-state index is 13.1. The van der Waals surface area contributed by atoms with E-state index in [0.717, 1.165) is 17.6 Å². The standard InChI is InChI=1S/C11H7Cl2FO/c12-10-5-7(14)4-9-6(3-11(13)15)1-2-8(9)10/h3-5H,1-2H2/b6-3+. The van der Waals surface area contributed by atoms with Crippen LogP contribution in [-0.4, -0.2) is 5.24 Å². The molecule has 0 saturated carbocycles. The van der Waals surface area contributed by atoms with Gasteiger partial charge in [-0.05, 0) is 53.3 Å². The van der Waals surface area contributed by atoms with E-state index in [1.165, 1.54) is 18.2 Å². The van der Waals surface area contributed by atoms with Gasteiger partial charge in [0, 0.05) is 11.1 Å². The van der Waals surface area contributed by atoms with Crippen LogP contribution in [0.2, 0.25) is 5.02 Å². The van der Waals surface area contributed by atoms with Crippen molar-refractivity contribution >= 4 is 34.0 Å². The SMILES string of the molecule is O=C(Cl)/C=C1\CCc2c(Cl)cc(F)cc21. The number of rotatable bonds is 1. The van der Waals surface area contributed by atoms with E-state index >= 15 is 0 Å². The molecule has 0 spiro atoms. The Kier molecular flexibility index (Phi) is 2.81. The molecule has 1 aromatic rings. The van der Waals surface area contributed by atoms with Gasteiger partial charge in [0.05, 0.1) is 0 Å². The van der Waals surface area contributed by atoms with E-state index in [4.69, 9.17) is 23.2 Å². The molecule has 0 radical (unpaired) electrons. The molecule has 1 aliphatic rings. The van der Waals surface area contributed by atoms with Crippen LogP contribution >= 0.6 is 23.2 Å². The molecule has 0 atom stereocenters. The van der Waals surface area contributed by atoms with E-state index in [1.54, 1.807) is 0 Å². The maximum Gasteiger partial charge on any atom is 0.245 e. The lowest BCUT2D eigenvalue weighted by Gasteiger charge is -2.02. The van der Waals surface area contributed by atoms with E-state index in [9.17, 15) is 9.18 Å². The number of hydrogen-bond acceptors (Lipinski definition) is 1. The number of fused-ring (bicyclic) bond motifs is 1. The van der Waals surface area contributed by atoms with Gasteiger partial charge in [-0.1, -0.05) is 11.6 Å². The Labute approximate surface area is 96.5 Å². The Morgan fingerprint density at radius 1 is 1.40 bits per heavy atom. The molecule has 0 unspecified atom stereocenters. The van der Waals surface area contributed by atoms with Gasteiger partial charge in [-0.2, -0.15) is 0 Å². The first kappa shape index (κ1) is 10.7. The van der Waals surface area contributed by atoms with Crippen molar-refractivity contribution in [2.24, 2.45) is 0 Å². The molecule has 0 bridgehead atoms. The first-order chi connectivity index (χ1) is 7.08. The van der Waals surface area contributed by atoms with Crippen molar-refractivity contribution < 1.29 is 9.18 Å². The highest BCUT2D eigenvalue weighted by atomic mass is 35.5. The first-order valence-electron chi connectivity index (χ1n) is 4.46. The Morgan fingerprint density at radius 2 is 2.13 bits per heavy atom. The lowest BCUT2D eigenvalue weighted by molar-refractivity contribution is -0.107. The zero-order valence-corrected chi connectivity index (χ0v) is 9.20. The molecular weight excluding hydrogens is 238 g/mol. The number of halogens is 3. The first-order valence-corrected chi connectivity index (χ1v) is 5.22. The second-order valence-corrected chi connectivity index (χ2v) is 4.17. The number of benzene rings is 1. The smallest absolute Gasteiger partial charge is 0.245 e. The van der Waals surface area contributed by atoms with Crippen molar-refractivity contribution in [2.75, 3.05) is 0 Å². The number of carbonyl (C=O) groups excluding carboxylic acids is 1. The molecule has 0 aliphatic heterocycles. The highest BCUT2D eigenvalue weighted by molar-refractivity contribution is 6.67. The minimum atomic E-state index is -0.543. The van der Waals surface area contributed by atoms with Crippen LogP contribution in [-0.2, 0) is 11.2 Å². The average Bonchev–Trinajstić information content (AvgIpc) is 2.48. The van der Waals surface area contributed by atoms with Crippen LogP contribution in [0.5, 0.6) is 0 Å². The Balaban J connectivity index is 2.55. The molecule has 1 aliphatic carbocycles. The summed E-state index contributed by atoms with van der Waals surface area (Å²) in [4.78, 5) is 10.7. The van der Waals surface area contributed by atoms with Gasteiger partial charge in [0.1, 0.15) is 5.82 Å². The second kappa shape index (κ2) is 3.95. The summed E-state index contributed by atoms with van der Waals surface area (Å²) in [5.74, 6) is -0.395. The number of allylic oxidation sites excluding steroid dienone is 2. The molecule has 1 nitrogen and oxygen atoms in total. The fourth-order valence-corrected chi connectivity index (χ4v) is 2.26. The molecule has 0 amide bonds. The van der Waals surface area contributed by atoms with E-state index in [0.29, 0.717) is 17.0 Å². The Morgan fingerprint density at radius 3 is 2.80 bits per heavy atom. The molecule has 2 rings (SSSR count). The molecule has 0 heterocycles. The third kappa shape index (κ3) is 2.06. The normalized spacial score (nSPS) is 16.9. The van der Waals surface area contributed by atoms with Crippen molar-refractivity contribution in [3.8, 4) is 0 Å². The van der Waals surface area contributed by atoms with Gasteiger partial charge in [-0.3, -0.25) is 4.79 Å². The molecule has 0 saturated heterocycles. The predicted octanol–water partition coefficient (Wildman–Crippen LogP) is 3.57. The van der Waals surface area contributed by atoms with Crippen LogP contribution < -0.4 is 0 Å². The fraction of sp³-hybridized carbons (Fsp3) is 0.182. The summed E-state index contributed by atoms with van der Waals surface area (Å²) in [5.41, 5.74) is 2.35. The Hall–Kier alpha value is -0.860. The zero-order valence-electron chi connectivity index (χ0n) is 7.69. The molecule has 78 valence electrons. The highest BCUT2D eigenvalue weighted by Gasteiger charge is 2.20. The summed E-state index contributed by atoms with van der Waals surface area (Å²) in [7, 11) is 0. The van der Waals surface area contributed by atoms with E-state index < -0.39 is 11.1 Å². The summed E-state index contributed by atoms with van der Waals surface area (Å²) in [6.07, 6.45) is 2.73. The van der Waals surface area contributed by atoms with Gasteiger partial charge in [0.15, 0.2) is 0 Å². The lowest BCUT2D eigenvalue weighted by Crippen LogP contribution is -1.87. The van der Waals surface area contributed by atoms with Crippen LogP contribution in [0.4, 0.5) is 4.39 Å². The van der Waals surface area contributed by atoms with Gasteiger partial charge < -0.3 is 0 Å². The van der Waals surface area contributed by atoms with Gasteiger partial charge in [0.2, 0.25) is 5.24 Å². The summed E-state index contributed by atoms with van der Waals surface area (Å²) in [5, 5.41) is -0.131. The van der Waals surface area contributed by atoms with Crippen LogP contribution in [0.25, 0.3) is 5.57 Å². The summed E-state index contributed by atoms with van der Waals surface area (Å²) in [6.45, 7) is 0. The molecular formula is C11H7Cl2FO. The quantitative estimate of drug-likeness (QED) is 0.546. The average molecular weight is 245 g/mol. The summed E-state index contributed by atoms with van der Waals surface area (Å²) < 4.78 is 13.1. The van der Waals surface area contributed by atoms with Crippen molar-refractivity contribution in [1.82, 2.24) is 0 Å². The van der Waals surface area contributed by atoms with Crippen LogP contribution in [0.1, 0.15) is 17.5 Å². The monoisotopic (exact) mass is 244 g/mol. The van der Waals surface area contributed by atoms with Crippen molar-refractivity contribution in [1.29, 1.82) is 0 Å². The van der Waals surface area contributed by atoms with E-state index in [2.05, 4.69) is 0 Å². The molecule has 4 heteroatoms. The largest absolute Gasteiger partial charge is 0.276 e. The highest BCUT2D eigenvalue weighted by Crippen LogP contribution is 2.37. The van der Waals surface area contributed by atoms with Crippen molar-refractivity contribution in [3.63, 3.8) is 0 Å². The fourth-order valence-electron chi connectivity index (χ4n) is 1.83. The molecule has 0 aromatic heterocycles. The van der Waals surface area contributed by atoms with Crippen LogP contribution in [0.3, 0.4) is 0 Å². The van der Waals surface area contributed by atoms with E-state index in [1.807, 2.05) is 0 Å². The molecule has 1 aromatic carbocycles. The third-order valence-corrected chi connectivity index (χ3v) is 2.88. The second-order valence-electron chi connectivity index (χ2n) is 3.39. The van der Waals surface area contributed by atoms with Gasteiger partial charge in [-0.15, -0.1) is 0 Å². The van der Waals surface area contributed by atoms with Crippen molar-refractivity contribution in [3.05, 3.63) is 40.2 Å². The molecule has 0 N–H and O–H groups in total. The van der Waals surface area contributed by atoms with Gasteiger partial charge in [0.25, 0.3) is 0 Å². The Bertz CT molecular complexity index is 466. The van der Waals surface area contributed by atoms with E-state index in [-0.39, 0.29) is 0 Å². The van der Waals surface area contributed by atoms with Gasteiger partial charge in [-0.25, -0.2) is 4.39 Å². The topological polar surface area (TPSA) is 17.1 Å². The number of hydrogen-bond donors (Lipinski definition) is 0. The van der Waals surface area contributed by atoms with Crippen LogP contribution in [0, 0.1) is 5.82 Å². The molecule has 0 fully saturated rings. The van der Waals surface area contributed by atoms with Crippen LogP contribution in [0.15, 0.2) is 18.2 Å². The predicted molar refractivity (Wildman–Crippen MR) is 58.6 cm³/mol. The maximum atomic E-state index is 13.1. The molecule has 15 heavy (non-hydrogen) atoms. The zero-order chi connectivity index (χ0) is 11.0. The third-order valence-electron chi connectivity index (χ3n) is 2.44. The number of carbonyl (C=O) groups is 1. The minimum absolute atomic E-state index is 0.395. The minimum Gasteiger partial charge on any atom is -0.276 e. The summed E-state index contributed by atoms with van der Waals surface area (Å²) in [6, 6.07) is 2.67. The summed E-state index contributed by atoms with van der Waals surface area (Å²) >= 11 is 11.2. The van der Waals surface area contributed by atoms with Gasteiger partial charge >= 0.3 is 0 Å². The van der Waals surface area contributed by atoms with Crippen molar-refractivity contribution in [2.45, 2.75) is 12.8 Å².